The van der Waals surface area contributed by atoms with Gasteiger partial charge in [-0.15, -0.1) is 0 Å². The number of amides is 1. The first-order chi connectivity index (χ1) is 15.4. The minimum atomic E-state index is -0.998. The predicted molar refractivity (Wildman–Crippen MR) is 116 cm³/mol. The summed E-state index contributed by atoms with van der Waals surface area (Å²) in [5.74, 6) is 0.00972. The van der Waals surface area contributed by atoms with E-state index in [0.717, 1.165) is 0 Å². The number of aliphatic carboxylic acids is 1. The Balaban J connectivity index is 2.22. The molecule has 9 nitrogen and oxygen atoms in total. The van der Waals surface area contributed by atoms with Crippen LogP contribution < -0.4 is 28.6 Å². The molecule has 172 valence electrons. The van der Waals surface area contributed by atoms with Crippen LogP contribution in [0.4, 0.5) is 5.69 Å². The van der Waals surface area contributed by atoms with E-state index in [0.29, 0.717) is 40.0 Å². The smallest absolute Gasteiger partial charge is 0.308 e. The van der Waals surface area contributed by atoms with Crippen molar-refractivity contribution in [2.45, 2.75) is 18.9 Å². The normalized spacial score (nSPS) is 18.2. The van der Waals surface area contributed by atoms with Crippen molar-refractivity contribution in [1.29, 1.82) is 0 Å². The Morgan fingerprint density at radius 3 is 1.97 bits per heavy atom. The number of carboxylic acids is 1. The van der Waals surface area contributed by atoms with E-state index in [4.69, 9.17) is 23.7 Å². The van der Waals surface area contributed by atoms with Crippen LogP contribution in [0.2, 0.25) is 0 Å². The third-order valence-corrected chi connectivity index (χ3v) is 5.59. The number of ether oxygens (including phenoxy) is 5. The predicted octanol–water partition coefficient (Wildman–Crippen LogP) is 3.30. The summed E-state index contributed by atoms with van der Waals surface area (Å²) < 4.78 is 27.0. The summed E-state index contributed by atoms with van der Waals surface area (Å²) in [5, 5.41) is 9.99. The average molecular weight is 445 g/mol. The fourth-order valence-electron chi connectivity index (χ4n) is 4.08. The number of carboxylic acid groups (broad SMARTS) is 1. The van der Waals surface area contributed by atoms with Gasteiger partial charge in [0.15, 0.2) is 23.0 Å². The fraction of sp³-hybridized carbons (Fsp3) is 0.391. The fourth-order valence-corrected chi connectivity index (χ4v) is 4.08. The van der Waals surface area contributed by atoms with Gasteiger partial charge in [0, 0.05) is 18.2 Å². The van der Waals surface area contributed by atoms with E-state index in [1.807, 2.05) is 0 Å². The summed E-state index contributed by atoms with van der Waals surface area (Å²) in [4.78, 5) is 26.8. The molecule has 3 rings (SSSR count). The zero-order chi connectivity index (χ0) is 23.4. The highest BCUT2D eigenvalue weighted by molar-refractivity contribution is 5.97. The van der Waals surface area contributed by atoms with Gasteiger partial charge in [-0.2, -0.15) is 0 Å². The van der Waals surface area contributed by atoms with Gasteiger partial charge in [0.1, 0.15) is 0 Å². The molecule has 1 saturated heterocycles. The van der Waals surface area contributed by atoms with E-state index in [1.165, 1.54) is 40.4 Å². The molecule has 2 aromatic carbocycles. The van der Waals surface area contributed by atoms with Crippen molar-refractivity contribution in [2.75, 3.05) is 40.4 Å². The number of methoxy groups -OCH3 is 5. The molecular weight excluding hydrogens is 418 g/mol. The van der Waals surface area contributed by atoms with Gasteiger partial charge in [-0.1, -0.05) is 0 Å². The van der Waals surface area contributed by atoms with Gasteiger partial charge in [-0.25, -0.2) is 0 Å². The first kappa shape index (κ1) is 23.1. The Hall–Kier alpha value is -3.62. The molecule has 0 radical (unpaired) electrons. The molecule has 0 spiro atoms. The molecule has 9 heteroatoms. The van der Waals surface area contributed by atoms with Crippen LogP contribution in [0.15, 0.2) is 30.3 Å². The Labute approximate surface area is 186 Å². The van der Waals surface area contributed by atoms with Crippen LogP contribution in [-0.2, 0) is 9.59 Å². The molecule has 0 aliphatic carbocycles. The number of carbonyl (C=O) groups excluding carboxylic acids is 1. The second-order valence-electron chi connectivity index (χ2n) is 7.19. The summed E-state index contributed by atoms with van der Waals surface area (Å²) in [6, 6.07) is 7.58. The van der Waals surface area contributed by atoms with Crippen molar-refractivity contribution in [3.63, 3.8) is 0 Å². The van der Waals surface area contributed by atoms with E-state index in [2.05, 4.69) is 0 Å². The molecule has 2 aromatic rings. The number of benzene rings is 2. The quantitative estimate of drug-likeness (QED) is 0.660. The lowest BCUT2D eigenvalue weighted by molar-refractivity contribution is -0.144. The molecule has 0 bridgehead atoms. The highest BCUT2D eigenvalue weighted by atomic mass is 16.5. The molecule has 0 saturated carbocycles. The second-order valence-corrected chi connectivity index (χ2v) is 7.19. The summed E-state index contributed by atoms with van der Waals surface area (Å²) >= 11 is 0. The number of hydrogen-bond donors (Lipinski definition) is 1. The van der Waals surface area contributed by atoms with Crippen molar-refractivity contribution >= 4 is 17.6 Å². The van der Waals surface area contributed by atoms with E-state index in [-0.39, 0.29) is 18.7 Å². The maximum atomic E-state index is 13.1. The Kier molecular flexibility index (Phi) is 6.97. The number of nitrogens with zero attached hydrogens (tertiary/aromatic N) is 1. The molecule has 1 aliphatic rings. The molecule has 0 aromatic heterocycles. The Morgan fingerprint density at radius 1 is 0.875 bits per heavy atom. The first-order valence-corrected chi connectivity index (χ1v) is 9.96. The molecule has 1 fully saturated rings. The van der Waals surface area contributed by atoms with Crippen LogP contribution >= 0.6 is 0 Å². The number of hydrogen-bond acceptors (Lipinski definition) is 7. The molecule has 2 atom stereocenters. The van der Waals surface area contributed by atoms with Gasteiger partial charge in [0.2, 0.25) is 11.7 Å². The molecule has 1 aliphatic heterocycles. The van der Waals surface area contributed by atoms with Crippen LogP contribution in [-0.4, -0.2) is 52.5 Å². The number of rotatable bonds is 8. The van der Waals surface area contributed by atoms with Crippen molar-refractivity contribution < 1.29 is 38.4 Å². The molecule has 32 heavy (non-hydrogen) atoms. The van der Waals surface area contributed by atoms with Crippen LogP contribution in [0.25, 0.3) is 0 Å². The lowest BCUT2D eigenvalue weighted by Gasteiger charge is -2.40. The van der Waals surface area contributed by atoms with Gasteiger partial charge in [0.05, 0.1) is 47.5 Å². The van der Waals surface area contributed by atoms with Crippen molar-refractivity contribution in [3.05, 3.63) is 35.9 Å². The maximum absolute atomic E-state index is 13.1. The number of piperidine rings is 1. The third kappa shape index (κ3) is 4.10. The molecule has 1 amide bonds. The van der Waals surface area contributed by atoms with Gasteiger partial charge in [-0.05, 0) is 36.2 Å². The highest BCUT2D eigenvalue weighted by Gasteiger charge is 2.42. The van der Waals surface area contributed by atoms with Crippen LogP contribution in [0.3, 0.4) is 0 Å². The minimum absolute atomic E-state index is 0.103. The van der Waals surface area contributed by atoms with Crippen molar-refractivity contribution in [1.82, 2.24) is 0 Å². The Bertz CT molecular complexity index is 980. The van der Waals surface area contributed by atoms with Gasteiger partial charge in [0.25, 0.3) is 0 Å². The zero-order valence-corrected chi connectivity index (χ0v) is 18.7. The monoisotopic (exact) mass is 445 g/mol. The second kappa shape index (κ2) is 9.67. The van der Waals surface area contributed by atoms with Crippen molar-refractivity contribution in [3.8, 4) is 28.7 Å². The molecule has 1 heterocycles. The summed E-state index contributed by atoms with van der Waals surface area (Å²) in [5.41, 5.74) is 1.05. The van der Waals surface area contributed by atoms with Crippen LogP contribution in [0, 0.1) is 5.92 Å². The number of anilines is 1. The van der Waals surface area contributed by atoms with Crippen molar-refractivity contribution in [2.24, 2.45) is 5.92 Å². The maximum Gasteiger partial charge on any atom is 0.308 e. The number of carbonyl (C=O) groups is 2. The average Bonchev–Trinajstić information content (AvgIpc) is 2.81. The van der Waals surface area contributed by atoms with Crippen LogP contribution in [0.1, 0.15) is 24.4 Å². The van der Waals surface area contributed by atoms with Crippen LogP contribution in [0.5, 0.6) is 28.7 Å². The SMILES string of the molecule is COc1ccc(N2C(=O)CC[C@H](C(=O)O)[C@H]2c2cc(OC)c(OC)c(OC)c2)cc1OC. The molecule has 0 unspecified atom stereocenters. The van der Waals surface area contributed by atoms with E-state index < -0.39 is 17.9 Å². The minimum Gasteiger partial charge on any atom is -0.493 e. The summed E-state index contributed by atoms with van der Waals surface area (Å²) in [7, 11) is 7.46. The summed E-state index contributed by atoms with van der Waals surface area (Å²) in [6.45, 7) is 0. The van der Waals surface area contributed by atoms with E-state index in [1.54, 1.807) is 30.3 Å². The van der Waals surface area contributed by atoms with E-state index in [9.17, 15) is 14.7 Å². The third-order valence-electron chi connectivity index (χ3n) is 5.59. The van der Waals surface area contributed by atoms with Gasteiger partial charge < -0.3 is 33.7 Å². The lowest BCUT2D eigenvalue weighted by Crippen LogP contribution is -2.45. The summed E-state index contributed by atoms with van der Waals surface area (Å²) in [6.07, 6.45) is 0.311. The molecule has 1 N–H and O–H groups in total. The molecular formula is C23H27NO8. The largest absolute Gasteiger partial charge is 0.493 e. The van der Waals surface area contributed by atoms with Gasteiger partial charge >= 0.3 is 5.97 Å². The van der Waals surface area contributed by atoms with E-state index >= 15 is 0 Å². The van der Waals surface area contributed by atoms with Gasteiger partial charge in [-0.3, -0.25) is 9.59 Å². The zero-order valence-electron chi connectivity index (χ0n) is 18.7. The highest BCUT2D eigenvalue weighted by Crippen LogP contribution is 2.46. The topological polar surface area (TPSA) is 104 Å². The standard InChI is InChI=1S/C23H27NO8/c1-28-16-8-6-14(12-17(16)29-2)24-20(25)9-7-15(23(26)27)21(24)13-10-18(30-3)22(32-5)19(11-13)31-4/h6,8,10-12,15,21H,7,9H2,1-5H3,(H,26,27)/t15-,21+/m0/s1. The lowest BCUT2D eigenvalue weighted by atomic mass is 9.83. The Morgan fingerprint density at radius 2 is 1.47 bits per heavy atom. The first-order valence-electron chi connectivity index (χ1n) is 9.96.